The van der Waals surface area contributed by atoms with Crippen molar-refractivity contribution in [2.24, 2.45) is 0 Å². The number of nitrogens with one attached hydrogen (secondary N) is 2. The fourth-order valence-corrected chi connectivity index (χ4v) is 4.72. The molecule has 6 heteroatoms. The van der Waals surface area contributed by atoms with E-state index in [2.05, 4.69) is 15.6 Å². The molecule has 4 nitrogen and oxygen atoms in total. The van der Waals surface area contributed by atoms with Crippen LogP contribution in [-0.2, 0) is 0 Å². The van der Waals surface area contributed by atoms with Gasteiger partial charge in [0.25, 0.3) is 5.91 Å². The van der Waals surface area contributed by atoms with Crippen LogP contribution in [0.25, 0.3) is 0 Å². The topological polar surface area (TPSA) is 54.0 Å². The van der Waals surface area contributed by atoms with E-state index in [4.69, 9.17) is 0 Å². The third kappa shape index (κ3) is 4.55. The van der Waals surface area contributed by atoms with Gasteiger partial charge in [-0.3, -0.25) is 4.79 Å². The summed E-state index contributed by atoms with van der Waals surface area (Å²) < 4.78 is 15.0. The van der Waals surface area contributed by atoms with E-state index < -0.39 is 6.04 Å². The van der Waals surface area contributed by atoms with Crippen molar-refractivity contribution in [2.75, 3.05) is 10.6 Å². The predicted octanol–water partition coefficient (Wildman–Crippen LogP) is 6.66. The number of benzene rings is 2. The first-order valence-electron chi connectivity index (χ1n) is 10.3. The van der Waals surface area contributed by atoms with Gasteiger partial charge in [-0.2, -0.15) is 0 Å². The quantitative estimate of drug-likeness (QED) is 0.349. The highest BCUT2D eigenvalue weighted by Crippen LogP contribution is 2.41. The Labute approximate surface area is 191 Å². The summed E-state index contributed by atoms with van der Waals surface area (Å²) in [6.45, 7) is 5.99. The van der Waals surface area contributed by atoms with E-state index in [1.807, 2.05) is 57.2 Å². The minimum Gasteiger partial charge on any atom is -0.359 e. The number of amides is 1. The molecule has 0 radical (unpaired) electrons. The van der Waals surface area contributed by atoms with Crippen LogP contribution in [0.4, 0.5) is 15.2 Å². The zero-order valence-corrected chi connectivity index (χ0v) is 19.0. The largest absolute Gasteiger partial charge is 0.359 e. The van der Waals surface area contributed by atoms with Crippen LogP contribution in [-0.4, -0.2) is 10.9 Å². The highest BCUT2D eigenvalue weighted by molar-refractivity contribution is 7.16. The zero-order chi connectivity index (χ0) is 22.7. The van der Waals surface area contributed by atoms with Crippen molar-refractivity contribution in [1.82, 2.24) is 4.98 Å². The first kappa shape index (κ1) is 21.7. The number of carbonyl (C=O) groups excluding carboxylic acids is 1. The van der Waals surface area contributed by atoms with Crippen molar-refractivity contribution in [3.05, 3.63) is 111 Å². The molecule has 1 amide bonds. The minimum atomic E-state index is -0.526. The van der Waals surface area contributed by atoms with Crippen LogP contribution in [0.3, 0.4) is 0 Å². The van der Waals surface area contributed by atoms with Gasteiger partial charge in [-0.25, -0.2) is 9.37 Å². The molecule has 0 fully saturated rings. The van der Waals surface area contributed by atoms with E-state index in [0.717, 1.165) is 21.6 Å². The van der Waals surface area contributed by atoms with Gasteiger partial charge in [0.05, 0.1) is 6.04 Å². The standard InChI is InChI=1S/C26H24FN3OS/c1-16-13-14-28-22(15-16)29-24(20-11-7-8-12-21(20)27)23-17(2)18(3)32-26(23)30-25(31)19-9-5-4-6-10-19/h4-15,24H,1-3H3,(H,28,29)(H,30,31)/t24-/m0/s1. The van der Waals surface area contributed by atoms with Gasteiger partial charge in [-0.05, 0) is 62.2 Å². The lowest BCUT2D eigenvalue weighted by Crippen LogP contribution is -2.19. The summed E-state index contributed by atoms with van der Waals surface area (Å²) in [5.41, 5.74) is 3.95. The number of rotatable bonds is 6. The highest BCUT2D eigenvalue weighted by atomic mass is 32.1. The maximum atomic E-state index is 15.0. The summed E-state index contributed by atoms with van der Waals surface area (Å²) in [5, 5.41) is 7.15. The first-order chi connectivity index (χ1) is 15.4. The average Bonchev–Trinajstić information content (AvgIpc) is 3.06. The van der Waals surface area contributed by atoms with Gasteiger partial charge < -0.3 is 10.6 Å². The van der Waals surface area contributed by atoms with Crippen LogP contribution in [0.1, 0.15) is 43.5 Å². The van der Waals surface area contributed by atoms with Crippen molar-refractivity contribution in [2.45, 2.75) is 26.8 Å². The molecule has 2 N–H and O–H groups in total. The van der Waals surface area contributed by atoms with Crippen molar-refractivity contribution in [1.29, 1.82) is 0 Å². The molecule has 1 atom stereocenters. The lowest BCUT2D eigenvalue weighted by molar-refractivity contribution is 0.102. The van der Waals surface area contributed by atoms with E-state index in [0.29, 0.717) is 21.9 Å². The monoisotopic (exact) mass is 445 g/mol. The van der Waals surface area contributed by atoms with Crippen LogP contribution in [0.2, 0.25) is 0 Å². The van der Waals surface area contributed by atoms with E-state index in [1.165, 1.54) is 17.4 Å². The lowest BCUT2D eigenvalue weighted by atomic mass is 9.95. The molecular formula is C26H24FN3OS. The number of aromatic nitrogens is 1. The number of thiophene rings is 1. The number of anilines is 2. The molecule has 2 aromatic heterocycles. The van der Waals surface area contributed by atoms with Crippen molar-refractivity contribution in [3.63, 3.8) is 0 Å². The summed E-state index contributed by atoms with van der Waals surface area (Å²) in [7, 11) is 0. The van der Waals surface area contributed by atoms with Gasteiger partial charge in [-0.1, -0.05) is 36.4 Å². The number of hydrogen-bond acceptors (Lipinski definition) is 4. The van der Waals surface area contributed by atoms with Gasteiger partial charge in [0, 0.05) is 27.8 Å². The molecule has 0 aliphatic carbocycles. The molecule has 4 aromatic rings. The number of carbonyl (C=O) groups is 1. The number of hydrogen-bond donors (Lipinski definition) is 2. The zero-order valence-electron chi connectivity index (χ0n) is 18.1. The molecule has 2 aromatic carbocycles. The third-order valence-electron chi connectivity index (χ3n) is 5.41. The summed E-state index contributed by atoms with van der Waals surface area (Å²) in [4.78, 5) is 18.4. The summed E-state index contributed by atoms with van der Waals surface area (Å²) >= 11 is 1.49. The Kier molecular flexibility index (Phi) is 6.32. The van der Waals surface area contributed by atoms with Gasteiger partial charge in [-0.15, -0.1) is 11.3 Å². The second-order valence-electron chi connectivity index (χ2n) is 7.66. The Balaban J connectivity index is 1.80. The van der Waals surface area contributed by atoms with Crippen LogP contribution in [0, 0.1) is 26.6 Å². The fourth-order valence-electron chi connectivity index (χ4n) is 3.63. The van der Waals surface area contributed by atoms with Crippen LogP contribution in [0.15, 0.2) is 72.9 Å². The summed E-state index contributed by atoms with van der Waals surface area (Å²) in [6.07, 6.45) is 1.72. The van der Waals surface area contributed by atoms with Crippen molar-refractivity contribution >= 4 is 28.1 Å². The first-order valence-corrected chi connectivity index (χ1v) is 11.2. The Morgan fingerprint density at radius 2 is 1.72 bits per heavy atom. The van der Waals surface area contributed by atoms with Crippen LogP contribution >= 0.6 is 11.3 Å². The number of pyridine rings is 1. The van der Waals surface area contributed by atoms with Gasteiger partial charge >= 0.3 is 0 Å². The predicted molar refractivity (Wildman–Crippen MR) is 129 cm³/mol. The summed E-state index contributed by atoms with van der Waals surface area (Å²) in [5.74, 6) is 0.122. The van der Waals surface area contributed by atoms with E-state index >= 15 is 0 Å². The van der Waals surface area contributed by atoms with Crippen LogP contribution in [0.5, 0.6) is 0 Å². The smallest absolute Gasteiger partial charge is 0.256 e. The Hall–Kier alpha value is -3.51. The fraction of sp³-hybridized carbons (Fsp3) is 0.154. The van der Waals surface area contributed by atoms with E-state index in [-0.39, 0.29) is 11.7 Å². The lowest BCUT2D eigenvalue weighted by Gasteiger charge is -2.23. The van der Waals surface area contributed by atoms with Gasteiger partial charge in [0.2, 0.25) is 0 Å². The third-order valence-corrected chi connectivity index (χ3v) is 6.55. The second-order valence-corrected chi connectivity index (χ2v) is 8.89. The minimum absolute atomic E-state index is 0.200. The molecular weight excluding hydrogens is 421 g/mol. The van der Waals surface area contributed by atoms with Crippen molar-refractivity contribution < 1.29 is 9.18 Å². The summed E-state index contributed by atoms with van der Waals surface area (Å²) in [6, 6.07) is 19.1. The highest BCUT2D eigenvalue weighted by Gasteiger charge is 2.27. The maximum absolute atomic E-state index is 15.0. The number of aryl methyl sites for hydroxylation is 2. The van der Waals surface area contributed by atoms with Crippen LogP contribution < -0.4 is 10.6 Å². The average molecular weight is 446 g/mol. The van der Waals surface area contributed by atoms with Gasteiger partial charge in [0.15, 0.2) is 0 Å². The SMILES string of the molecule is Cc1ccnc(N[C@@H](c2ccccc2F)c2c(NC(=O)c3ccccc3)sc(C)c2C)c1. The molecule has 0 bridgehead atoms. The molecule has 0 aliphatic heterocycles. The molecule has 0 saturated heterocycles. The molecule has 0 saturated carbocycles. The Morgan fingerprint density at radius 1 is 1.00 bits per heavy atom. The van der Waals surface area contributed by atoms with Gasteiger partial charge in [0.1, 0.15) is 16.6 Å². The van der Waals surface area contributed by atoms with E-state index in [1.54, 1.807) is 30.5 Å². The molecule has 4 rings (SSSR count). The molecule has 162 valence electrons. The normalized spacial score (nSPS) is 11.8. The molecule has 0 spiro atoms. The Bertz CT molecular complexity index is 1250. The van der Waals surface area contributed by atoms with E-state index in [9.17, 15) is 9.18 Å². The second kappa shape index (κ2) is 9.32. The molecule has 0 aliphatic rings. The van der Waals surface area contributed by atoms with Crippen molar-refractivity contribution in [3.8, 4) is 0 Å². The maximum Gasteiger partial charge on any atom is 0.256 e. The molecule has 32 heavy (non-hydrogen) atoms. The molecule has 0 unspecified atom stereocenters. The molecule has 2 heterocycles. The Morgan fingerprint density at radius 3 is 2.44 bits per heavy atom. The number of nitrogens with zero attached hydrogens (tertiary/aromatic N) is 1. The number of halogens is 1.